The molecule has 3 N–H and O–H groups in total. The van der Waals surface area contributed by atoms with Gasteiger partial charge in [-0.25, -0.2) is 8.42 Å². The molecule has 0 saturated carbocycles. The zero-order chi connectivity index (χ0) is 17.7. The lowest BCUT2D eigenvalue weighted by atomic mass is 10.2. The lowest BCUT2D eigenvalue weighted by Crippen LogP contribution is -2.35. The molecule has 2 aromatic carbocycles. The summed E-state index contributed by atoms with van der Waals surface area (Å²) in [6.45, 7) is 1.43. The molecule has 8 heteroatoms. The summed E-state index contributed by atoms with van der Waals surface area (Å²) in [6.07, 6.45) is 0. The number of benzene rings is 2. The van der Waals surface area contributed by atoms with Crippen LogP contribution in [0.1, 0.15) is 17.3 Å². The van der Waals surface area contributed by atoms with Crippen molar-refractivity contribution in [1.29, 1.82) is 0 Å². The number of hydrogen-bond acceptors (Lipinski definition) is 4. The fourth-order valence-corrected chi connectivity index (χ4v) is 3.21. The van der Waals surface area contributed by atoms with Crippen LogP contribution < -0.4 is 10.0 Å². The first-order valence-electron chi connectivity index (χ1n) is 7.12. The van der Waals surface area contributed by atoms with E-state index in [4.69, 9.17) is 16.7 Å². The van der Waals surface area contributed by atoms with E-state index in [-0.39, 0.29) is 17.1 Å². The molecule has 0 spiro atoms. The van der Waals surface area contributed by atoms with Crippen LogP contribution in [0.25, 0.3) is 0 Å². The number of halogens is 1. The lowest BCUT2D eigenvalue weighted by molar-refractivity contribution is 0.0922. The van der Waals surface area contributed by atoms with Crippen molar-refractivity contribution in [2.45, 2.75) is 17.9 Å². The molecule has 0 aliphatic carbocycles. The van der Waals surface area contributed by atoms with Gasteiger partial charge in [-0.3, -0.25) is 9.52 Å². The molecule has 0 radical (unpaired) electrons. The third-order valence-electron chi connectivity index (χ3n) is 3.13. The minimum absolute atomic E-state index is 0.0493. The van der Waals surface area contributed by atoms with Gasteiger partial charge in [-0.1, -0.05) is 23.7 Å². The van der Waals surface area contributed by atoms with Gasteiger partial charge >= 0.3 is 0 Å². The molecule has 0 aromatic heterocycles. The lowest BCUT2D eigenvalue weighted by Gasteiger charge is -2.12. The van der Waals surface area contributed by atoms with Crippen molar-refractivity contribution in [3.05, 3.63) is 59.1 Å². The van der Waals surface area contributed by atoms with E-state index < -0.39 is 22.0 Å². The summed E-state index contributed by atoms with van der Waals surface area (Å²) in [7, 11) is -3.86. The van der Waals surface area contributed by atoms with E-state index >= 15 is 0 Å². The Labute approximate surface area is 145 Å². The molecule has 1 atom stereocenters. The Morgan fingerprint density at radius 1 is 1.21 bits per heavy atom. The Hall–Kier alpha value is -2.09. The molecule has 2 aromatic rings. The van der Waals surface area contributed by atoms with Gasteiger partial charge in [0, 0.05) is 16.6 Å². The van der Waals surface area contributed by atoms with E-state index in [2.05, 4.69) is 10.0 Å². The van der Waals surface area contributed by atoms with Gasteiger partial charge in [0.2, 0.25) is 0 Å². The van der Waals surface area contributed by atoms with E-state index in [0.29, 0.717) is 10.7 Å². The Kier molecular flexibility index (Phi) is 5.82. The maximum Gasteiger partial charge on any atom is 0.261 e. The second-order valence-corrected chi connectivity index (χ2v) is 7.32. The number of carbonyl (C=O) groups excluding carboxylic acids is 1. The van der Waals surface area contributed by atoms with Crippen LogP contribution >= 0.6 is 11.6 Å². The Morgan fingerprint density at radius 2 is 1.92 bits per heavy atom. The van der Waals surface area contributed by atoms with Crippen LogP contribution in [0.3, 0.4) is 0 Å². The average molecular weight is 369 g/mol. The number of aliphatic hydroxyl groups excluding tert-OH is 1. The first-order valence-corrected chi connectivity index (χ1v) is 8.98. The molecule has 24 heavy (non-hydrogen) atoms. The Bertz CT molecular complexity index is 839. The van der Waals surface area contributed by atoms with Gasteiger partial charge in [-0.05, 0) is 43.3 Å². The topological polar surface area (TPSA) is 95.5 Å². The van der Waals surface area contributed by atoms with Crippen LogP contribution in [-0.4, -0.2) is 32.1 Å². The first kappa shape index (κ1) is 18.3. The highest BCUT2D eigenvalue weighted by molar-refractivity contribution is 7.92. The van der Waals surface area contributed by atoms with E-state index in [1.807, 2.05) is 0 Å². The summed E-state index contributed by atoms with van der Waals surface area (Å²) >= 11 is 5.84. The van der Waals surface area contributed by atoms with Gasteiger partial charge in [0.1, 0.15) is 0 Å². The standard InChI is InChI=1S/C16H17ClN2O4S/c1-11(10-20)18-16(21)12-4-2-7-15(8-12)24(22,23)19-14-6-3-5-13(17)9-14/h2-9,11,19-20H,10H2,1H3,(H,18,21). The fraction of sp³-hybridized carbons (Fsp3) is 0.188. The molecule has 0 aliphatic heterocycles. The third-order valence-corrected chi connectivity index (χ3v) is 4.75. The van der Waals surface area contributed by atoms with Crippen molar-refractivity contribution in [2.24, 2.45) is 0 Å². The van der Waals surface area contributed by atoms with Crippen molar-refractivity contribution in [1.82, 2.24) is 5.32 Å². The van der Waals surface area contributed by atoms with Gasteiger partial charge in [-0.15, -0.1) is 0 Å². The number of anilines is 1. The van der Waals surface area contributed by atoms with Gasteiger partial charge in [0.25, 0.3) is 15.9 Å². The molecule has 128 valence electrons. The molecule has 0 heterocycles. The van der Waals surface area contributed by atoms with Crippen molar-refractivity contribution in [3.8, 4) is 0 Å². The van der Waals surface area contributed by atoms with E-state index in [1.54, 1.807) is 25.1 Å². The number of carbonyl (C=O) groups is 1. The number of sulfonamides is 1. The second kappa shape index (κ2) is 7.65. The summed E-state index contributed by atoms with van der Waals surface area (Å²) in [4.78, 5) is 12.0. The monoisotopic (exact) mass is 368 g/mol. The molecular formula is C16H17ClN2O4S. The quantitative estimate of drug-likeness (QED) is 0.728. The summed E-state index contributed by atoms with van der Waals surface area (Å²) in [5, 5.41) is 11.9. The largest absolute Gasteiger partial charge is 0.394 e. The highest BCUT2D eigenvalue weighted by atomic mass is 35.5. The van der Waals surface area contributed by atoms with Crippen LogP contribution in [-0.2, 0) is 10.0 Å². The van der Waals surface area contributed by atoms with Gasteiger partial charge in [-0.2, -0.15) is 0 Å². The average Bonchev–Trinajstić information content (AvgIpc) is 2.54. The van der Waals surface area contributed by atoms with Crippen molar-refractivity contribution < 1.29 is 18.3 Å². The van der Waals surface area contributed by atoms with Crippen LogP contribution in [0.2, 0.25) is 5.02 Å². The molecule has 0 aliphatic rings. The predicted octanol–water partition coefficient (Wildman–Crippen LogP) is 2.25. The zero-order valence-electron chi connectivity index (χ0n) is 12.9. The maximum absolute atomic E-state index is 12.4. The smallest absolute Gasteiger partial charge is 0.261 e. The molecule has 0 fully saturated rings. The van der Waals surface area contributed by atoms with Crippen LogP contribution in [0.5, 0.6) is 0 Å². The molecular weight excluding hydrogens is 352 g/mol. The zero-order valence-corrected chi connectivity index (χ0v) is 14.4. The SMILES string of the molecule is CC(CO)NC(=O)c1cccc(S(=O)(=O)Nc2cccc(Cl)c2)c1. The minimum atomic E-state index is -3.86. The second-order valence-electron chi connectivity index (χ2n) is 5.20. The number of amides is 1. The first-order chi connectivity index (χ1) is 11.3. The number of hydrogen-bond donors (Lipinski definition) is 3. The summed E-state index contributed by atoms with van der Waals surface area (Å²) < 4.78 is 27.3. The van der Waals surface area contributed by atoms with Gasteiger partial charge in [0.05, 0.1) is 17.2 Å². The fourth-order valence-electron chi connectivity index (χ4n) is 1.92. The summed E-state index contributed by atoms with van der Waals surface area (Å²) in [5.74, 6) is -0.462. The molecule has 0 bridgehead atoms. The van der Waals surface area contributed by atoms with Crippen molar-refractivity contribution >= 4 is 33.2 Å². The minimum Gasteiger partial charge on any atom is -0.394 e. The van der Waals surface area contributed by atoms with Crippen LogP contribution in [0.15, 0.2) is 53.4 Å². The molecule has 1 unspecified atom stereocenters. The normalized spacial score (nSPS) is 12.5. The molecule has 2 rings (SSSR count). The van der Waals surface area contributed by atoms with Crippen LogP contribution in [0.4, 0.5) is 5.69 Å². The molecule has 1 amide bonds. The highest BCUT2D eigenvalue weighted by Crippen LogP contribution is 2.20. The van der Waals surface area contributed by atoms with E-state index in [0.717, 1.165) is 0 Å². The maximum atomic E-state index is 12.4. The molecule has 6 nitrogen and oxygen atoms in total. The van der Waals surface area contributed by atoms with E-state index in [9.17, 15) is 13.2 Å². The van der Waals surface area contributed by atoms with Crippen LogP contribution in [0, 0.1) is 0 Å². The van der Waals surface area contributed by atoms with Crippen molar-refractivity contribution in [3.63, 3.8) is 0 Å². The number of aliphatic hydroxyl groups is 1. The number of rotatable bonds is 6. The molecule has 0 saturated heterocycles. The highest BCUT2D eigenvalue weighted by Gasteiger charge is 2.17. The summed E-state index contributed by atoms with van der Waals surface area (Å²) in [5.41, 5.74) is 0.510. The van der Waals surface area contributed by atoms with Gasteiger partial charge < -0.3 is 10.4 Å². The van der Waals surface area contributed by atoms with E-state index in [1.165, 1.54) is 30.3 Å². The Balaban J connectivity index is 2.25. The summed E-state index contributed by atoms with van der Waals surface area (Å²) in [6, 6.07) is 11.5. The number of nitrogens with one attached hydrogen (secondary N) is 2. The van der Waals surface area contributed by atoms with Crippen molar-refractivity contribution in [2.75, 3.05) is 11.3 Å². The third kappa shape index (κ3) is 4.70. The van der Waals surface area contributed by atoms with Gasteiger partial charge in [0.15, 0.2) is 0 Å². The predicted molar refractivity (Wildman–Crippen MR) is 92.7 cm³/mol. The Morgan fingerprint density at radius 3 is 2.58 bits per heavy atom.